The lowest BCUT2D eigenvalue weighted by Gasteiger charge is -2.43. The summed E-state index contributed by atoms with van der Waals surface area (Å²) in [6, 6.07) is 6.93. The second kappa shape index (κ2) is 8.79. The number of aromatic nitrogens is 5. The van der Waals surface area contributed by atoms with Gasteiger partial charge in [-0.3, -0.25) is 9.80 Å². The molecule has 4 heterocycles. The maximum Gasteiger partial charge on any atom is 0.178 e. The molecule has 182 valence electrons. The first-order valence-corrected chi connectivity index (χ1v) is 12.2. The van der Waals surface area contributed by atoms with Gasteiger partial charge in [-0.15, -0.1) is 0 Å². The molecule has 34 heavy (non-hydrogen) atoms. The molecule has 0 radical (unpaired) electrons. The third kappa shape index (κ3) is 4.23. The van der Waals surface area contributed by atoms with E-state index in [0.29, 0.717) is 6.61 Å². The summed E-state index contributed by atoms with van der Waals surface area (Å²) < 4.78 is 10.1. The van der Waals surface area contributed by atoms with E-state index in [1.54, 1.807) is 6.33 Å². The number of benzene rings is 1. The summed E-state index contributed by atoms with van der Waals surface area (Å²) in [6.07, 6.45) is 3.65. The molecule has 1 unspecified atom stereocenters. The van der Waals surface area contributed by atoms with Crippen LogP contribution in [0, 0.1) is 0 Å². The van der Waals surface area contributed by atoms with Crippen LogP contribution in [-0.4, -0.2) is 77.7 Å². The SMILES string of the molecule is CC(c1ccc2c(c1)-c1nc(-c3ncnn3C(C)C)cn1CCO2)N1CCN(C(C)(C)O)CC1. The van der Waals surface area contributed by atoms with Crippen LogP contribution in [-0.2, 0) is 6.54 Å². The molecule has 0 bridgehead atoms. The second-order valence-electron chi connectivity index (χ2n) is 10.1. The average Bonchev–Trinajstić information content (AvgIpc) is 3.42. The predicted molar refractivity (Wildman–Crippen MR) is 130 cm³/mol. The first-order valence-electron chi connectivity index (χ1n) is 12.2. The van der Waals surface area contributed by atoms with Crippen molar-refractivity contribution in [3.05, 3.63) is 36.3 Å². The molecule has 0 amide bonds. The van der Waals surface area contributed by atoms with Gasteiger partial charge < -0.3 is 14.4 Å². The zero-order valence-electron chi connectivity index (χ0n) is 20.8. The fraction of sp³-hybridized carbons (Fsp3) is 0.560. The number of nitrogens with zero attached hydrogens (tertiary/aromatic N) is 7. The van der Waals surface area contributed by atoms with E-state index in [2.05, 4.69) is 69.6 Å². The fourth-order valence-electron chi connectivity index (χ4n) is 4.95. The Bertz CT molecular complexity index is 1150. The lowest BCUT2D eigenvalue weighted by atomic mass is 10.0. The van der Waals surface area contributed by atoms with Gasteiger partial charge >= 0.3 is 0 Å². The van der Waals surface area contributed by atoms with Crippen molar-refractivity contribution in [2.45, 2.75) is 59.0 Å². The molecule has 1 aromatic carbocycles. The smallest absolute Gasteiger partial charge is 0.178 e. The lowest BCUT2D eigenvalue weighted by molar-refractivity contribution is -0.0995. The van der Waals surface area contributed by atoms with Gasteiger partial charge in [0.1, 0.15) is 35.9 Å². The van der Waals surface area contributed by atoms with Crippen molar-refractivity contribution >= 4 is 0 Å². The summed E-state index contributed by atoms with van der Waals surface area (Å²) in [4.78, 5) is 14.1. The summed E-state index contributed by atoms with van der Waals surface area (Å²) in [6.45, 7) is 15.0. The highest BCUT2D eigenvalue weighted by atomic mass is 16.5. The zero-order valence-corrected chi connectivity index (χ0v) is 20.8. The fourth-order valence-corrected chi connectivity index (χ4v) is 4.95. The minimum Gasteiger partial charge on any atom is -0.491 e. The average molecular weight is 466 g/mol. The molecule has 1 N–H and O–H groups in total. The molecule has 5 rings (SSSR count). The topological polar surface area (TPSA) is 84.5 Å². The van der Waals surface area contributed by atoms with Crippen LogP contribution in [0.4, 0.5) is 0 Å². The molecule has 1 fully saturated rings. The maximum atomic E-state index is 10.3. The van der Waals surface area contributed by atoms with Gasteiger partial charge in [0.2, 0.25) is 0 Å². The van der Waals surface area contributed by atoms with E-state index in [1.165, 1.54) is 5.56 Å². The van der Waals surface area contributed by atoms with Crippen LogP contribution in [0.2, 0.25) is 0 Å². The number of fused-ring (bicyclic) bond motifs is 3. The number of ether oxygens (including phenoxy) is 1. The van der Waals surface area contributed by atoms with Crippen LogP contribution in [0.25, 0.3) is 22.9 Å². The van der Waals surface area contributed by atoms with Crippen LogP contribution in [0.1, 0.15) is 52.3 Å². The molecule has 1 atom stereocenters. The normalized spacial score (nSPS) is 18.3. The number of imidazole rings is 1. The molecule has 9 heteroatoms. The van der Waals surface area contributed by atoms with E-state index in [0.717, 1.165) is 61.4 Å². The molecule has 0 aliphatic carbocycles. The van der Waals surface area contributed by atoms with Crippen molar-refractivity contribution in [3.8, 4) is 28.7 Å². The van der Waals surface area contributed by atoms with Crippen molar-refractivity contribution in [3.63, 3.8) is 0 Å². The van der Waals surface area contributed by atoms with Crippen molar-refractivity contribution in [2.24, 2.45) is 0 Å². The summed E-state index contributed by atoms with van der Waals surface area (Å²) in [5.74, 6) is 2.55. The number of aliphatic hydroxyl groups is 1. The van der Waals surface area contributed by atoms with Crippen molar-refractivity contribution in [2.75, 3.05) is 32.8 Å². The van der Waals surface area contributed by atoms with E-state index >= 15 is 0 Å². The van der Waals surface area contributed by atoms with Crippen LogP contribution < -0.4 is 4.74 Å². The summed E-state index contributed by atoms with van der Waals surface area (Å²) in [5, 5.41) is 14.7. The highest BCUT2D eigenvalue weighted by molar-refractivity contribution is 5.69. The van der Waals surface area contributed by atoms with E-state index < -0.39 is 5.72 Å². The molecule has 2 aliphatic heterocycles. The number of rotatable bonds is 5. The van der Waals surface area contributed by atoms with Crippen LogP contribution in [0.5, 0.6) is 5.75 Å². The van der Waals surface area contributed by atoms with Crippen molar-refractivity contribution < 1.29 is 9.84 Å². The van der Waals surface area contributed by atoms with E-state index in [1.807, 2.05) is 18.5 Å². The lowest BCUT2D eigenvalue weighted by Crippen LogP contribution is -2.54. The predicted octanol–water partition coefficient (Wildman–Crippen LogP) is 3.19. The molecule has 1 saturated heterocycles. The molecule has 0 saturated carbocycles. The summed E-state index contributed by atoms with van der Waals surface area (Å²) in [7, 11) is 0. The Morgan fingerprint density at radius 2 is 1.79 bits per heavy atom. The van der Waals surface area contributed by atoms with Gasteiger partial charge in [-0.1, -0.05) is 6.07 Å². The maximum absolute atomic E-state index is 10.3. The van der Waals surface area contributed by atoms with Crippen molar-refractivity contribution in [1.82, 2.24) is 34.1 Å². The van der Waals surface area contributed by atoms with Gasteiger partial charge in [-0.05, 0) is 52.3 Å². The summed E-state index contributed by atoms with van der Waals surface area (Å²) in [5.41, 5.74) is 2.31. The molecule has 3 aromatic rings. The standard InChI is InChI=1S/C25H35N7O2/c1-17(2)32-24(26-16-27-32)21-15-30-12-13-34-22-7-6-19(14-20(22)23(30)28-21)18(3)29-8-10-31(11-9-29)25(4,5)33/h6-7,14-18,33H,8-13H2,1-5H3. The first-order chi connectivity index (χ1) is 16.2. The Morgan fingerprint density at radius 3 is 2.50 bits per heavy atom. The Balaban J connectivity index is 1.44. The van der Waals surface area contributed by atoms with E-state index in [4.69, 9.17) is 9.72 Å². The second-order valence-corrected chi connectivity index (χ2v) is 10.1. The van der Waals surface area contributed by atoms with Crippen LogP contribution in [0.3, 0.4) is 0 Å². The Hall–Kier alpha value is -2.75. The summed E-state index contributed by atoms with van der Waals surface area (Å²) >= 11 is 0. The van der Waals surface area contributed by atoms with Gasteiger partial charge in [-0.25, -0.2) is 14.6 Å². The van der Waals surface area contributed by atoms with Gasteiger partial charge in [-0.2, -0.15) is 5.10 Å². The molecular formula is C25H35N7O2. The van der Waals surface area contributed by atoms with Gasteiger partial charge in [0.25, 0.3) is 0 Å². The Morgan fingerprint density at radius 1 is 1.03 bits per heavy atom. The molecular weight excluding hydrogens is 430 g/mol. The highest BCUT2D eigenvalue weighted by Crippen LogP contribution is 2.37. The molecule has 2 aliphatic rings. The molecule has 2 aromatic heterocycles. The zero-order chi connectivity index (χ0) is 24.0. The number of hydrogen-bond donors (Lipinski definition) is 1. The van der Waals surface area contributed by atoms with E-state index in [9.17, 15) is 5.11 Å². The first kappa shape index (κ1) is 23.0. The minimum atomic E-state index is -0.772. The quantitative estimate of drug-likeness (QED) is 0.619. The minimum absolute atomic E-state index is 0.207. The largest absolute Gasteiger partial charge is 0.491 e. The molecule has 9 nitrogen and oxygen atoms in total. The van der Waals surface area contributed by atoms with Crippen LogP contribution >= 0.6 is 0 Å². The van der Waals surface area contributed by atoms with E-state index in [-0.39, 0.29) is 12.1 Å². The third-order valence-electron chi connectivity index (χ3n) is 7.02. The Labute approximate surface area is 201 Å². The monoisotopic (exact) mass is 465 g/mol. The number of piperazine rings is 1. The van der Waals surface area contributed by atoms with Gasteiger partial charge in [0, 0.05) is 44.5 Å². The van der Waals surface area contributed by atoms with Gasteiger partial charge in [0.05, 0.1) is 12.1 Å². The van der Waals surface area contributed by atoms with Crippen molar-refractivity contribution in [1.29, 1.82) is 0 Å². The van der Waals surface area contributed by atoms with Crippen LogP contribution in [0.15, 0.2) is 30.7 Å². The Kier molecular flexibility index (Phi) is 5.95. The van der Waals surface area contributed by atoms with Gasteiger partial charge in [0.15, 0.2) is 5.82 Å². The third-order valence-corrected chi connectivity index (χ3v) is 7.02. The molecule has 0 spiro atoms. The highest BCUT2D eigenvalue weighted by Gasteiger charge is 2.30. The number of hydrogen-bond acceptors (Lipinski definition) is 7.